The number of ether oxygens (including phenoxy) is 2. The summed E-state index contributed by atoms with van der Waals surface area (Å²) in [6.45, 7) is 15.8. The Balaban J connectivity index is 0.00000102. The lowest BCUT2D eigenvalue weighted by molar-refractivity contribution is 0.157. The van der Waals surface area contributed by atoms with Gasteiger partial charge in [-0.2, -0.15) is 0 Å². The second-order valence-corrected chi connectivity index (χ2v) is 11.0. The highest BCUT2D eigenvalue weighted by Gasteiger charge is 2.32. The molecular weight excluding hydrogens is 468 g/mol. The second kappa shape index (κ2) is 9.33. The highest BCUT2D eigenvalue weighted by Crippen LogP contribution is 2.47. The number of aromatic hydroxyl groups is 2. The van der Waals surface area contributed by atoms with Crippen molar-refractivity contribution < 1.29 is 24.1 Å². The van der Waals surface area contributed by atoms with E-state index >= 15 is 0 Å². The van der Waals surface area contributed by atoms with Gasteiger partial charge in [0, 0.05) is 11.6 Å². The van der Waals surface area contributed by atoms with E-state index in [1.54, 1.807) is 18.2 Å². The first kappa shape index (κ1) is 26.4. The first-order chi connectivity index (χ1) is 17.3. The van der Waals surface area contributed by atoms with E-state index in [-0.39, 0.29) is 33.4 Å². The molecule has 196 valence electrons. The number of benzene rings is 2. The average Bonchev–Trinajstić information content (AvgIpc) is 2.78. The molecule has 2 aromatic carbocycles. The minimum atomic E-state index is -0.611. The van der Waals surface area contributed by atoms with Crippen LogP contribution in [0.15, 0.2) is 39.1 Å². The van der Waals surface area contributed by atoms with Gasteiger partial charge in [0.05, 0.1) is 16.5 Å². The Morgan fingerprint density at radius 3 is 2.14 bits per heavy atom. The van der Waals surface area contributed by atoms with Crippen molar-refractivity contribution in [1.29, 1.82) is 0 Å². The van der Waals surface area contributed by atoms with Gasteiger partial charge < -0.3 is 24.1 Å². The van der Waals surface area contributed by atoms with Crippen molar-refractivity contribution in [2.45, 2.75) is 79.4 Å². The van der Waals surface area contributed by atoms with E-state index in [0.717, 1.165) is 5.57 Å². The van der Waals surface area contributed by atoms with Gasteiger partial charge in [0.25, 0.3) is 0 Å². The molecule has 5 rings (SSSR count). The second-order valence-electron chi connectivity index (χ2n) is 11.0. The smallest absolute Gasteiger partial charge is 0.204 e. The molecule has 0 aliphatic carbocycles. The van der Waals surface area contributed by atoms with Crippen LogP contribution in [0.3, 0.4) is 0 Å². The van der Waals surface area contributed by atoms with Crippen molar-refractivity contribution in [2.75, 3.05) is 0 Å². The lowest BCUT2D eigenvalue weighted by Gasteiger charge is -2.30. The molecule has 0 radical (unpaired) electrons. The number of allylic oxidation sites excluding steroid dienone is 2. The Hall–Kier alpha value is -3.67. The van der Waals surface area contributed by atoms with Crippen LogP contribution in [0.25, 0.3) is 34.1 Å². The van der Waals surface area contributed by atoms with Crippen LogP contribution in [0.2, 0.25) is 0 Å². The fraction of sp³-hybridized carbons (Fsp3) is 0.387. The highest BCUT2D eigenvalue weighted by atomic mass is 16.5. The van der Waals surface area contributed by atoms with E-state index in [0.29, 0.717) is 34.6 Å². The van der Waals surface area contributed by atoms with Gasteiger partial charge in [0.2, 0.25) is 5.43 Å². The highest BCUT2D eigenvalue weighted by molar-refractivity contribution is 6.02. The van der Waals surface area contributed by atoms with E-state index in [2.05, 4.69) is 13.8 Å². The van der Waals surface area contributed by atoms with Crippen molar-refractivity contribution in [3.63, 3.8) is 0 Å². The predicted octanol–water partition coefficient (Wildman–Crippen LogP) is 7.65. The van der Waals surface area contributed by atoms with Crippen molar-refractivity contribution in [2.24, 2.45) is 0 Å². The summed E-state index contributed by atoms with van der Waals surface area (Å²) in [5.41, 5.74) is 1.17. The summed E-state index contributed by atoms with van der Waals surface area (Å²) in [5.74, 6) is 0.479. The molecule has 0 bridgehead atoms. The summed E-state index contributed by atoms with van der Waals surface area (Å²) in [4.78, 5) is 13.9. The fourth-order valence-corrected chi connectivity index (χ4v) is 4.47. The molecule has 0 spiro atoms. The third-order valence-corrected chi connectivity index (χ3v) is 6.21. The van der Waals surface area contributed by atoms with Crippen LogP contribution in [0.1, 0.15) is 78.5 Å². The number of rotatable bonds is 2. The van der Waals surface area contributed by atoms with Gasteiger partial charge in [-0.3, -0.25) is 4.79 Å². The van der Waals surface area contributed by atoms with Crippen LogP contribution in [0, 0.1) is 0 Å². The Morgan fingerprint density at radius 1 is 0.919 bits per heavy atom. The topological polar surface area (TPSA) is 89.1 Å². The van der Waals surface area contributed by atoms with E-state index in [1.807, 2.05) is 59.8 Å². The molecule has 0 amide bonds. The molecule has 0 fully saturated rings. The molecule has 2 N–H and O–H groups in total. The van der Waals surface area contributed by atoms with Crippen molar-refractivity contribution in [1.82, 2.24) is 0 Å². The third-order valence-electron chi connectivity index (χ3n) is 6.21. The molecule has 0 saturated heterocycles. The zero-order valence-electron chi connectivity index (χ0n) is 22.9. The van der Waals surface area contributed by atoms with Gasteiger partial charge in [0.15, 0.2) is 11.3 Å². The molecule has 3 heterocycles. The maximum absolute atomic E-state index is 13.9. The zero-order valence-corrected chi connectivity index (χ0v) is 22.9. The predicted molar refractivity (Wildman–Crippen MR) is 150 cm³/mol. The molecule has 2 aliphatic rings. The normalized spacial score (nSPS) is 16.2. The van der Waals surface area contributed by atoms with Crippen LogP contribution < -0.4 is 14.9 Å². The molecule has 3 aromatic rings. The summed E-state index contributed by atoms with van der Waals surface area (Å²) < 4.78 is 18.3. The minimum absolute atomic E-state index is 0.0441. The van der Waals surface area contributed by atoms with Crippen molar-refractivity contribution in [3.05, 3.63) is 56.8 Å². The monoisotopic (exact) mass is 504 g/mol. The van der Waals surface area contributed by atoms with Crippen LogP contribution in [0.4, 0.5) is 0 Å². The number of phenols is 2. The number of phenolic OH excluding ortho intramolecular Hbond substituents is 2. The van der Waals surface area contributed by atoms with E-state index < -0.39 is 16.6 Å². The Labute approximate surface area is 217 Å². The number of hydrogen-bond acceptors (Lipinski definition) is 6. The largest absolute Gasteiger partial charge is 0.506 e. The van der Waals surface area contributed by atoms with Gasteiger partial charge in [-0.1, -0.05) is 31.9 Å². The number of fused-ring (bicyclic) bond motifs is 4. The fourth-order valence-electron chi connectivity index (χ4n) is 4.47. The molecule has 2 aliphatic heterocycles. The molecule has 37 heavy (non-hydrogen) atoms. The van der Waals surface area contributed by atoms with Crippen LogP contribution in [0.5, 0.6) is 23.0 Å². The van der Waals surface area contributed by atoms with Gasteiger partial charge in [0.1, 0.15) is 39.4 Å². The molecular formula is C31H36O6. The van der Waals surface area contributed by atoms with Crippen LogP contribution >= 0.6 is 0 Å². The SMILES string of the molecule is CC(C)=CCc1c2c(c(O)c3oc4cc5c(c(O)c4c(=O)c13)C=CC(C)(C)O5)C=CC(C)(C)O2.CCC. The van der Waals surface area contributed by atoms with E-state index in [4.69, 9.17) is 13.9 Å². The first-order valence-electron chi connectivity index (χ1n) is 12.7. The standard InChI is InChI=1S/C28H28O6.C3H8/c1-14(2)7-8-16-20-24(31)21-19(13-18-15(22(21)29)9-11-27(3,4)33-18)32-26(20)23(30)17-10-12-28(5,6)34-25(16)17;1-3-2/h7,9-13,29-30H,8H2,1-6H3;3H2,1-2H3. The Bertz CT molecular complexity index is 1540. The van der Waals surface area contributed by atoms with Crippen molar-refractivity contribution in [3.8, 4) is 23.0 Å². The van der Waals surface area contributed by atoms with Gasteiger partial charge in [-0.25, -0.2) is 0 Å². The average molecular weight is 505 g/mol. The quantitative estimate of drug-likeness (QED) is 0.275. The summed E-state index contributed by atoms with van der Waals surface area (Å²) in [6.07, 6.45) is 10.9. The first-order valence-corrected chi connectivity index (χ1v) is 12.7. The minimum Gasteiger partial charge on any atom is -0.506 e. The maximum atomic E-state index is 13.9. The van der Waals surface area contributed by atoms with E-state index in [1.165, 1.54) is 6.42 Å². The lowest BCUT2D eigenvalue weighted by Crippen LogP contribution is -2.28. The molecule has 1 aromatic heterocycles. The Kier molecular flexibility index (Phi) is 6.65. The molecule has 0 saturated carbocycles. The van der Waals surface area contributed by atoms with Crippen LogP contribution in [-0.2, 0) is 6.42 Å². The molecule has 0 atom stereocenters. The lowest BCUT2D eigenvalue weighted by atomic mass is 9.93. The molecule has 6 nitrogen and oxygen atoms in total. The summed E-state index contributed by atoms with van der Waals surface area (Å²) in [5, 5.41) is 22.5. The van der Waals surface area contributed by atoms with E-state index in [9.17, 15) is 15.0 Å². The Morgan fingerprint density at radius 2 is 1.51 bits per heavy atom. The summed E-state index contributed by atoms with van der Waals surface area (Å²) >= 11 is 0. The summed E-state index contributed by atoms with van der Waals surface area (Å²) in [7, 11) is 0. The van der Waals surface area contributed by atoms with Crippen LogP contribution in [-0.4, -0.2) is 21.4 Å². The number of hydrogen-bond donors (Lipinski definition) is 2. The van der Waals surface area contributed by atoms with Crippen molar-refractivity contribution >= 4 is 34.1 Å². The summed E-state index contributed by atoms with van der Waals surface area (Å²) in [6, 6.07) is 1.60. The molecule has 0 unspecified atom stereocenters. The van der Waals surface area contributed by atoms with Gasteiger partial charge in [-0.05, 0) is 72.3 Å². The maximum Gasteiger partial charge on any atom is 0.204 e. The zero-order chi connectivity index (χ0) is 27.3. The third kappa shape index (κ3) is 4.73. The van der Waals surface area contributed by atoms with Gasteiger partial charge in [-0.15, -0.1) is 0 Å². The molecule has 6 heteroatoms. The van der Waals surface area contributed by atoms with Gasteiger partial charge >= 0.3 is 0 Å².